The maximum absolute atomic E-state index is 13.1. The van der Waals surface area contributed by atoms with Crippen molar-refractivity contribution in [1.82, 2.24) is 9.80 Å². The average molecular weight is 406 g/mol. The molecule has 0 spiro atoms. The molecule has 3 heterocycles. The summed E-state index contributed by atoms with van der Waals surface area (Å²) in [6.45, 7) is 2.15. The smallest absolute Gasteiger partial charge is 0.233 e. The number of rotatable bonds is 3. The fourth-order valence-corrected chi connectivity index (χ4v) is 4.85. The molecular weight excluding hydrogens is 380 g/mol. The van der Waals surface area contributed by atoms with E-state index in [0.29, 0.717) is 26.3 Å². The first-order chi connectivity index (χ1) is 14.6. The molecule has 0 N–H and O–H groups in total. The Kier molecular flexibility index (Phi) is 4.85. The molecule has 156 valence electrons. The van der Waals surface area contributed by atoms with Crippen LogP contribution in [-0.4, -0.2) is 61.0 Å². The summed E-state index contributed by atoms with van der Waals surface area (Å²) in [7, 11) is 1.88. The highest BCUT2D eigenvalue weighted by atomic mass is 16.5. The first-order valence-electron chi connectivity index (χ1n) is 10.6. The number of carbonyl (C=O) groups is 2. The van der Waals surface area contributed by atoms with Crippen LogP contribution >= 0.6 is 0 Å². The average Bonchev–Trinajstić information content (AvgIpc) is 3.42. The van der Waals surface area contributed by atoms with Crippen LogP contribution in [0.2, 0.25) is 0 Å². The molecule has 2 aromatic rings. The fourth-order valence-electron chi connectivity index (χ4n) is 4.85. The van der Waals surface area contributed by atoms with Gasteiger partial charge in [-0.3, -0.25) is 9.59 Å². The van der Waals surface area contributed by atoms with Crippen molar-refractivity contribution < 1.29 is 19.1 Å². The predicted molar refractivity (Wildman–Crippen MR) is 112 cm³/mol. The van der Waals surface area contributed by atoms with Crippen LogP contribution in [0.5, 0.6) is 11.5 Å². The molecule has 30 heavy (non-hydrogen) atoms. The summed E-state index contributed by atoms with van der Waals surface area (Å²) in [5.41, 5.74) is 1.96. The number of nitrogens with zero attached hydrogens (tertiary/aromatic N) is 2. The number of para-hydroxylation sites is 2. The van der Waals surface area contributed by atoms with Gasteiger partial charge in [-0.2, -0.15) is 0 Å². The summed E-state index contributed by atoms with van der Waals surface area (Å²) < 4.78 is 11.4. The molecular formula is C24H26N2O4. The minimum Gasteiger partial charge on any atom is -0.492 e. The van der Waals surface area contributed by atoms with E-state index in [1.165, 1.54) is 0 Å². The van der Waals surface area contributed by atoms with Gasteiger partial charge >= 0.3 is 0 Å². The van der Waals surface area contributed by atoms with E-state index in [4.69, 9.17) is 9.47 Å². The normalized spacial score (nSPS) is 22.6. The van der Waals surface area contributed by atoms with E-state index >= 15 is 0 Å². The molecule has 0 radical (unpaired) electrons. The highest BCUT2D eigenvalue weighted by Gasteiger charge is 2.38. The van der Waals surface area contributed by atoms with E-state index < -0.39 is 0 Å². The molecule has 1 saturated heterocycles. The van der Waals surface area contributed by atoms with Crippen molar-refractivity contribution in [3.63, 3.8) is 0 Å². The molecule has 3 aliphatic rings. The molecule has 2 amide bonds. The van der Waals surface area contributed by atoms with Crippen LogP contribution in [-0.2, 0) is 9.59 Å². The second-order valence-electron chi connectivity index (χ2n) is 8.31. The maximum atomic E-state index is 13.1. The molecule has 0 saturated carbocycles. The van der Waals surface area contributed by atoms with Crippen molar-refractivity contribution in [1.29, 1.82) is 0 Å². The van der Waals surface area contributed by atoms with E-state index in [-0.39, 0.29) is 29.7 Å². The summed E-state index contributed by atoms with van der Waals surface area (Å²) in [6.07, 6.45) is 1.58. The Labute approximate surface area is 176 Å². The van der Waals surface area contributed by atoms with Crippen LogP contribution in [0, 0.1) is 0 Å². The molecule has 0 aromatic heterocycles. The quantitative estimate of drug-likeness (QED) is 0.787. The van der Waals surface area contributed by atoms with Crippen LogP contribution < -0.4 is 9.47 Å². The Morgan fingerprint density at radius 3 is 2.03 bits per heavy atom. The van der Waals surface area contributed by atoms with E-state index in [2.05, 4.69) is 0 Å². The number of likely N-dealkylation sites (tertiary alicyclic amines) is 1. The summed E-state index contributed by atoms with van der Waals surface area (Å²) in [6, 6.07) is 15.7. The third-order valence-corrected chi connectivity index (χ3v) is 6.67. The van der Waals surface area contributed by atoms with Gasteiger partial charge < -0.3 is 19.3 Å². The summed E-state index contributed by atoms with van der Waals surface area (Å²) in [5, 5.41) is 0. The Morgan fingerprint density at radius 2 is 1.40 bits per heavy atom. The number of amides is 2. The van der Waals surface area contributed by atoms with Gasteiger partial charge in [-0.15, -0.1) is 0 Å². The lowest BCUT2D eigenvalue weighted by Crippen LogP contribution is -2.49. The van der Waals surface area contributed by atoms with Crippen molar-refractivity contribution >= 4 is 11.8 Å². The molecule has 0 bridgehead atoms. The monoisotopic (exact) mass is 406 g/mol. The Balaban J connectivity index is 1.20. The number of hydrogen-bond acceptors (Lipinski definition) is 4. The van der Waals surface area contributed by atoms with E-state index in [9.17, 15) is 9.59 Å². The third-order valence-electron chi connectivity index (χ3n) is 6.67. The summed E-state index contributed by atoms with van der Waals surface area (Å²) in [5.74, 6) is 1.40. The standard InChI is InChI=1S/C24H26N2O4/c1-25(23(27)19-14-29-21-8-4-2-6-17(19)21)16-10-12-26(13-11-16)24(28)20-15-30-22-9-5-3-7-18(20)22/h2-9,16,19-20H,10-15H2,1H3. The van der Waals surface area contributed by atoms with Crippen molar-refractivity contribution in [2.45, 2.75) is 30.7 Å². The molecule has 5 rings (SSSR count). The molecule has 1 fully saturated rings. The predicted octanol–water partition coefficient (Wildman–Crippen LogP) is 2.79. The van der Waals surface area contributed by atoms with Crippen molar-refractivity contribution in [3.05, 3.63) is 59.7 Å². The van der Waals surface area contributed by atoms with Gasteiger partial charge in [-0.05, 0) is 25.0 Å². The van der Waals surface area contributed by atoms with E-state index in [0.717, 1.165) is 35.5 Å². The van der Waals surface area contributed by atoms with Crippen molar-refractivity contribution in [2.75, 3.05) is 33.4 Å². The SMILES string of the molecule is CN(C(=O)C1COc2ccccc21)C1CCN(C(=O)C2COc3ccccc32)CC1. The second-order valence-corrected chi connectivity index (χ2v) is 8.31. The molecule has 6 heteroatoms. The minimum absolute atomic E-state index is 0.0999. The van der Waals surface area contributed by atoms with Gasteiger partial charge in [0, 0.05) is 37.3 Å². The number of piperidine rings is 1. The van der Waals surface area contributed by atoms with Gasteiger partial charge in [0.2, 0.25) is 11.8 Å². The van der Waals surface area contributed by atoms with Gasteiger partial charge in [0.1, 0.15) is 36.5 Å². The molecule has 2 atom stereocenters. The highest BCUT2D eigenvalue weighted by Crippen LogP contribution is 2.37. The number of ether oxygens (including phenoxy) is 2. The molecule has 2 unspecified atom stereocenters. The zero-order valence-corrected chi connectivity index (χ0v) is 17.1. The second kappa shape index (κ2) is 7.67. The largest absolute Gasteiger partial charge is 0.492 e. The number of hydrogen-bond donors (Lipinski definition) is 0. The lowest BCUT2D eigenvalue weighted by molar-refractivity contribution is -0.137. The Morgan fingerprint density at radius 1 is 0.867 bits per heavy atom. The van der Waals surface area contributed by atoms with E-state index in [1.54, 1.807) is 0 Å². The van der Waals surface area contributed by atoms with Gasteiger partial charge in [0.15, 0.2) is 0 Å². The Bertz CT molecular complexity index is 967. The third kappa shape index (κ3) is 3.20. The topological polar surface area (TPSA) is 59.1 Å². The van der Waals surface area contributed by atoms with Gasteiger partial charge in [0.25, 0.3) is 0 Å². The Hall–Kier alpha value is -3.02. The molecule has 0 aliphatic carbocycles. The highest BCUT2D eigenvalue weighted by molar-refractivity contribution is 5.86. The number of carbonyl (C=O) groups excluding carboxylic acids is 2. The van der Waals surface area contributed by atoms with Crippen LogP contribution in [0.4, 0.5) is 0 Å². The van der Waals surface area contributed by atoms with Crippen molar-refractivity contribution in [2.24, 2.45) is 0 Å². The summed E-state index contributed by atoms with van der Waals surface area (Å²) in [4.78, 5) is 30.0. The van der Waals surface area contributed by atoms with Crippen LogP contribution in [0.3, 0.4) is 0 Å². The van der Waals surface area contributed by atoms with Crippen LogP contribution in [0.25, 0.3) is 0 Å². The molecule has 6 nitrogen and oxygen atoms in total. The van der Waals surface area contributed by atoms with Crippen molar-refractivity contribution in [3.8, 4) is 11.5 Å². The minimum atomic E-state index is -0.238. The number of benzene rings is 2. The number of likely N-dealkylation sites (N-methyl/N-ethyl adjacent to an activating group) is 1. The lowest BCUT2D eigenvalue weighted by atomic mass is 9.95. The fraction of sp³-hybridized carbons (Fsp3) is 0.417. The summed E-state index contributed by atoms with van der Waals surface area (Å²) >= 11 is 0. The van der Waals surface area contributed by atoms with Crippen LogP contribution in [0.15, 0.2) is 48.5 Å². The van der Waals surface area contributed by atoms with Gasteiger partial charge in [0.05, 0.1) is 0 Å². The van der Waals surface area contributed by atoms with Gasteiger partial charge in [-0.1, -0.05) is 36.4 Å². The molecule has 3 aliphatic heterocycles. The van der Waals surface area contributed by atoms with E-state index in [1.807, 2.05) is 65.4 Å². The van der Waals surface area contributed by atoms with Gasteiger partial charge in [-0.25, -0.2) is 0 Å². The van der Waals surface area contributed by atoms with Crippen LogP contribution in [0.1, 0.15) is 35.8 Å². The first-order valence-corrected chi connectivity index (χ1v) is 10.6. The first kappa shape index (κ1) is 19.0. The zero-order valence-electron chi connectivity index (χ0n) is 17.1. The number of fused-ring (bicyclic) bond motifs is 2. The zero-order chi connectivity index (χ0) is 20.7. The molecule has 2 aromatic carbocycles. The lowest BCUT2D eigenvalue weighted by Gasteiger charge is -2.38. The maximum Gasteiger partial charge on any atom is 0.233 e.